The Morgan fingerprint density at radius 2 is 1.77 bits per heavy atom. The number of nitrogens with one attached hydrogen (secondary N) is 2. The third kappa shape index (κ3) is 3.66. The highest BCUT2D eigenvalue weighted by Crippen LogP contribution is 2.22. The van der Waals surface area contributed by atoms with Gasteiger partial charge in [0.25, 0.3) is 0 Å². The smallest absolute Gasteiger partial charge is 0.232 e. The van der Waals surface area contributed by atoms with Gasteiger partial charge in [0.05, 0.1) is 6.42 Å². The van der Waals surface area contributed by atoms with Crippen LogP contribution in [0.25, 0.3) is 0 Å². The molecular weight excluding hydrogens is 282 g/mol. The molecule has 0 aliphatic carbocycles. The molecular formula is C15H13N5O2. The highest BCUT2D eigenvalue weighted by Gasteiger charge is 2.07. The van der Waals surface area contributed by atoms with Crippen LogP contribution < -0.4 is 10.1 Å². The summed E-state index contributed by atoms with van der Waals surface area (Å²) in [4.78, 5) is 11.8. The molecule has 3 aromatic rings. The largest absolute Gasteiger partial charge is 0.457 e. The van der Waals surface area contributed by atoms with Gasteiger partial charge in [-0.2, -0.15) is 5.21 Å². The van der Waals surface area contributed by atoms with Crippen LogP contribution in [0.1, 0.15) is 5.82 Å². The van der Waals surface area contributed by atoms with Gasteiger partial charge in [-0.05, 0) is 36.4 Å². The molecule has 0 aliphatic heterocycles. The van der Waals surface area contributed by atoms with Crippen molar-refractivity contribution in [2.45, 2.75) is 6.42 Å². The summed E-state index contributed by atoms with van der Waals surface area (Å²) in [6.45, 7) is 0. The second-order valence-corrected chi connectivity index (χ2v) is 4.49. The maximum absolute atomic E-state index is 11.8. The van der Waals surface area contributed by atoms with Gasteiger partial charge >= 0.3 is 0 Å². The minimum Gasteiger partial charge on any atom is -0.457 e. The minimum absolute atomic E-state index is 0.0682. The van der Waals surface area contributed by atoms with Gasteiger partial charge in [-0.25, -0.2) is 0 Å². The lowest BCUT2D eigenvalue weighted by atomic mass is 10.3. The van der Waals surface area contributed by atoms with Crippen LogP contribution in [0.15, 0.2) is 54.6 Å². The Labute approximate surface area is 126 Å². The van der Waals surface area contributed by atoms with E-state index in [1.165, 1.54) is 0 Å². The number of ether oxygens (including phenoxy) is 1. The number of carbonyl (C=O) groups excluding carboxylic acids is 1. The van der Waals surface area contributed by atoms with E-state index in [9.17, 15) is 4.79 Å². The van der Waals surface area contributed by atoms with Crippen LogP contribution >= 0.6 is 0 Å². The van der Waals surface area contributed by atoms with Crippen molar-refractivity contribution in [2.24, 2.45) is 0 Å². The summed E-state index contributed by atoms with van der Waals surface area (Å²) in [5.74, 6) is 1.60. The first kappa shape index (κ1) is 13.7. The normalized spacial score (nSPS) is 10.2. The van der Waals surface area contributed by atoms with Crippen LogP contribution in [0.3, 0.4) is 0 Å². The van der Waals surface area contributed by atoms with E-state index in [2.05, 4.69) is 25.9 Å². The average Bonchev–Trinajstić information content (AvgIpc) is 3.03. The molecule has 1 heterocycles. The number of tetrazole rings is 1. The molecule has 0 bridgehead atoms. The molecule has 1 aromatic heterocycles. The summed E-state index contributed by atoms with van der Waals surface area (Å²) < 4.78 is 5.68. The molecule has 1 amide bonds. The van der Waals surface area contributed by atoms with Crippen molar-refractivity contribution in [1.29, 1.82) is 0 Å². The summed E-state index contributed by atoms with van der Waals surface area (Å²) in [6.07, 6.45) is 0.0682. The first-order valence-electron chi connectivity index (χ1n) is 6.65. The van der Waals surface area contributed by atoms with Gasteiger partial charge in [0, 0.05) is 5.69 Å². The topological polar surface area (TPSA) is 92.8 Å². The van der Waals surface area contributed by atoms with Crippen molar-refractivity contribution >= 4 is 11.6 Å². The number of amides is 1. The molecule has 7 heteroatoms. The van der Waals surface area contributed by atoms with E-state index in [0.717, 1.165) is 5.75 Å². The lowest BCUT2D eigenvalue weighted by Gasteiger charge is -2.07. The van der Waals surface area contributed by atoms with Crippen molar-refractivity contribution in [3.05, 3.63) is 60.4 Å². The van der Waals surface area contributed by atoms with Crippen LogP contribution in [-0.4, -0.2) is 26.5 Å². The molecule has 0 aliphatic rings. The maximum atomic E-state index is 11.8. The molecule has 0 fully saturated rings. The van der Waals surface area contributed by atoms with Gasteiger partial charge in [-0.3, -0.25) is 4.79 Å². The third-order valence-electron chi connectivity index (χ3n) is 2.82. The Hall–Kier alpha value is -3.22. The van der Waals surface area contributed by atoms with Crippen LogP contribution in [-0.2, 0) is 11.2 Å². The standard InChI is InChI=1S/C15H13N5O2/c21-15(10-14-17-19-20-18-14)16-11-6-8-13(9-7-11)22-12-4-2-1-3-5-12/h1-9H,10H2,(H,16,21)(H,17,18,19,20). The highest BCUT2D eigenvalue weighted by molar-refractivity contribution is 5.91. The second-order valence-electron chi connectivity index (χ2n) is 4.49. The Balaban J connectivity index is 1.58. The number of hydrogen-bond donors (Lipinski definition) is 2. The van der Waals surface area contributed by atoms with Crippen molar-refractivity contribution in [3.8, 4) is 11.5 Å². The molecule has 0 atom stereocenters. The molecule has 0 unspecified atom stereocenters. The third-order valence-corrected chi connectivity index (χ3v) is 2.82. The van der Waals surface area contributed by atoms with Crippen molar-refractivity contribution in [3.63, 3.8) is 0 Å². The summed E-state index contributed by atoms with van der Waals surface area (Å²) in [5, 5.41) is 15.9. The zero-order chi connectivity index (χ0) is 15.2. The van der Waals surface area contributed by atoms with E-state index < -0.39 is 0 Å². The van der Waals surface area contributed by atoms with Crippen LogP contribution in [0.2, 0.25) is 0 Å². The van der Waals surface area contributed by atoms with Crippen LogP contribution in [0.4, 0.5) is 5.69 Å². The lowest BCUT2D eigenvalue weighted by Crippen LogP contribution is -2.15. The van der Waals surface area contributed by atoms with Gasteiger partial charge in [-0.15, -0.1) is 10.2 Å². The number of H-pyrrole nitrogens is 1. The number of para-hydroxylation sites is 1. The molecule has 0 spiro atoms. The van der Waals surface area contributed by atoms with Crippen molar-refractivity contribution in [2.75, 3.05) is 5.32 Å². The number of aromatic nitrogens is 4. The zero-order valence-corrected chi connectivity index (χ0v) is 11.6. The predicted octanol–water partition coefficient (Wildman–Crippen LogP) is 2.17. The summed E-state index contributed by atoms with van der Waals surface area (Å²) >= 11 is 0. The summed E-state index contributed by atoms with van der Waals surface area (Å²) in [5.41, 5.74) is 0.675. The van der Waals surface area contributed by atoms with Crippen molar-refractivity contribution < 1.29 is 9.53 Å². The molecule has 7 nitrogen and oxygen atoms in total. The number of rotatable bonds is 5. The van der Waals surface area contributed by atoms with E-state index in [1.807, 2.05) is 30.3 Å². The monoisotopic (exact) mass is 295 g/mol. The lowest BCUT2D eigenvalue weighted by molar-refractivity contribution is -0.115. The quantitative estimate of drug-likeness (QED) is 0.752. The van der Waals surface area contributed by atoms with Gasteiger partial charge < -0.3 is 10.1 Å². The Morgan fingerprint density at radius 1 is 1.05 bits per heavy atom. The molecule has 0 saturated carbocycles. The Kier molecular flexibility index (Phi) is 4.05. The summed E-state index contributed by atoms with van der Waals surface area (Å²) in [7, 11) is 0. The fourth-order valence-corrected chi connectivity index (χ4v) is 1.84. The number of anilines is 1. The molecule has 2 N–H and O–H groups in total. The van der Waals surface area contributed by atoms with Crippen molar-refractivity contribution in [1.82, 2.24) is 20.6 Å². The Morgan fingerprint density at radius 3 is 2.45 bits per heavy atom. The SMILES string of the molecule is O=C(Cc1nn[nH]n1)Nc1ccc(Oc2ccccc2)cc1. The van der Waals surface area contributed by atoms with E-state index in [0.29, 0.717) is 17.3 Å². The van der Waals surface area contributed by atoms with Gasteiger partial charge in [-0.1, -0.05) is 23.4 Å². The predicted molar refractivity (Wildman–Crippen MR) is 79.5 cm³/mol. The number of aromatic amines is 1. The Bertz CT molecular complexity index is 726. The summed E-state index contributed by atoms with van der Waals surface area (Å²) in [6, 6.07) is 16.6. The first-order chi connectivity index (χ1) is 10.8. The molecule has 22 heavy (non-hydrogen) atoms. The molecule has 0 radical (unpaired) electrons. The zero-order valence-electron chi connectivity index (χ0n) is 11.6. The van der Waals surface area contributed by atoms with Gasteiger partial charge in [0.15, 0.2) is 5.82 Å². The number of carbonyl (C=O) groups is 1. The fourth-order valence-electron chi connectivity index (χ4n) is 1.84. The van der Waals surface area contributed by atoms with E-state index in [4.69, 9.17) is 4.74 Å². The number of hydrogen-bond acceptors (Lipinski definition) is 5. The molecule has 110 valence electrons. The molecule has 3 rings (SSSR count). The number of benzene rings is 2. The minimum atomic E-state index is -0.210. The van der Waals surface area contributed by atoms with E-state index >= 15 is 0 Å². The average molecular weight is 295 g/mol. The highest BCUT2D eigenvalue weighted by atomic mass is 16.5. The van der Waals surface area contributed by atoms with E-state index in [1.54, 1.807) is 24.3 Å². The van der Waals surface area contributed by atoms with Crippen LogP contribution in [0.5, 0.6) is 11.5 Å². The number of nitrogens with zero attached hydrogens (tertiary/aromatic N) is 3. The van der Waals surface area contributed by atoms with Gasteiger partial charge in [0.1, 0.15) is 11.5 Å². The van der Waals surface area contributed by atoms with Crippen LogP contribution in [0, 0.1) is 0 Å². The molecule has 0 saturated heterocycles. The second kappa shape index (κ2) is 6.49. The van der Waals surface area contributed by atoms with Gasteiger partial charge in [0.2, 0.25) is 5.91 Å². The maximum Gasteiger partial charge on any atom is 0.232 e. The van der Waals surface area contributed by atoms with E-state index in [-0.39, 0.29) is 12.3 Å². The molecule has 2 aromatic carbocycles. The first-order valence-corrected chi connectivity index (χ1v) is 6.65. The fraction of sp³-hybridized carbons (Fsp3) is 0.0667.